The quantitative estimate of drug-likeness (QED) is 0.470. The summed E-state index contributed by atoms with van der Waals surface area (Å²) in [5.41, 5.74) is 1.06. The molecule has 7 heteroatoms. The zero-order valence-corrected chi connectivity index (χ0v) is 13.9. The molecule has 0 heterocycles. The number of rotatable bonds is 6. The van der Waals surface area contributed by atoms with Gasteiger partial charge in [-0.25, -0.2) is 0 Å². The summed E-state index contributed by atoms with van der Waals surface area (Å²) in [7, 11) is 0. The Balaban J connectivity index is 1.79. The smallest absolute Gasteiger partial charge is 0.269 e. The molecule has 0 aliphatic carbocycles. The third kappa shape index (κ3) is 5.16. The fraction of sp³-hybridized carbons (Fsp3) is 0.133. The number of carbonyl (C=O) groups excluding carboxylic acids is 1. The number of nitro benzene ring substituents is 1. The SMILES string of the molecule is O=C(CSc1ccc([N+](=O)[O-])cc1)NCc1cccc(Br)c1. The first-order valence-electron chi connectivity index (χ1n) is 6.43. The molecule has 0 aliphatic heterocycles. The number of carbonyl (C=O) groups is 1. The minimum Gasteiger partial charge on any atom is -0.351 e. The van der Waals surface area contributed by atoms with Crippen LogP contribution in [-0.4, -0.2) is 16.6 Å². The molecular weight excluding hydrogens is 368 g/mol. The van der Waals surface area contributed by atoms with Crippen molar-refractivity contribution in [3.05, 3.63) is 68.7 Å². The van der Waals surface area contributed by atoms with Gasteiger partial charge in [0.05, 0.1) is 10.7 Å². The van der Waals surface area contributed by atoms with Crippen LogP contribution in [0.15, 0.2) is 57.9 Å². The Morgan fingerprint density at radius 1 is 1.23 bits per heavy atom. The van der Waals surface area contributed by atoms with Gasteiger partial charge in [0.1, 0.15) is 0 Å². The predicted octanol–water partition coefficient (Wildman–Crippen LogP) is 3.77. The summed E-state index contributed by atoms with van der Waals surface area (Å²) in [4.78, 5) is 22.7. The second-order valence-electron chi connectivity index (χ2n) is 4.45. The number of nitrogens with zero attached hydrogens (tertiary/aromatic N) is 1. The van der Waals surface area contributed by atoms with Crippen molar-refractivity contribution in [2.75, 3.05) is 5.75 Å². The lowest BCUT2D eigenvalue weighted by atomic mass is 10.2. The highest BCUT2D eigenvalue weighted by Gasteiger charge is 2.06. The maximum absolute atomic E-state index is 11.8. The first kappa shape index (κ1) is 16.5. The van der Waals surface area contributed by atoms with Crippen molar-refractivity contribution in [3.63, 3.8) is 0 Å². The summed E-state index contributed by atoms with van der Waals surface area (Å²) in [6, 6.07) is 13.9. The van der Waals surface area contributed by atoms with E-state index in [1.807, 2.05) is 24.3 Å². The number of nitro groups is 1. The third-order valence-electron chi connectivity index (χ3n) is 2.80. The van der Waals surface area contributed by atoms with E-state index in [-0.39, 0.29) is 17.3 Å². The van der Waals surface area contributed by atoms with Crippen LogP contribution >= 0.6 is 27.7 Å². The van der Waals surface area contributed by atoms with Crippen molar-refractivity contribution in [2.24, 2.45) is 0 Å². The normalized spacial score (nSPS) is 10.2. The van der Waals surface area contributed by atoms with E-state index in [0.29, 0.717) is 6.54 Å². The summed E-state index contributed by atoms with van der Waals surface area (Å²) < 4.78 is 0.972. The van der Waals surface area contributed by atoms with Gasteiger partial charge >= 0.3 is 0 Å². The van der Waals surface area contributed by atoms with E-state index >= 15 is 0 Å². The number of thioether (sulfide) groups is 1. The van der Waals surface area contributed by atoms with Crippen molar-refractivity contribution in [1.82, 2.24) is 5.32 Å². The molecule has 0 atom stereocenters. The van der Waals surface area contributed by atoms with Gasteiger partial charge in [0.25, 0.3) is 5.69 Å². The van der Waals surface area contributed by atoms with Crippen LogP contribution in [0.1, 0.15) is 5.56 Å². The Morgan fingerprint density at radius 2 is 1.95 bits per heavy atom. The summed E-state index contributed by atoms with van der Waals surface area (Å²) in [5.74, 6) is 0.189. The molecule has 2 rings (SSSR count). The predicted molar refractivity (Wildman–Crippen MR) is 89.8 cm³/mol. The molecule has 0 aromatic heterocycles. The molecule has 0 unspecified atom stereocenters. The van der Waals surface area contributed by atoms with Crippen molar-refractivity contribution in [3.8, 4) is 0 Å². The molecule has 2 aromatic rings. The van der Waals surface area contributed by atoms with Gasteiger partial charge in [0, 0.05) is 28.0 Å². The van der Waals surface area contributed by atoms with Crippen molar-refractivity contribution < 1.29 is 9.72 Å². The number of amides is 1. The standard InChI is InChI=1S/C15H13BrN2O3S/c16-12-3-1-2-11(8-12)9-17-15(19)10-22-14-6-4-13(5-7-14)18(20)21/h1-8H,9-10H2,(H,17,19). The molecule has 0 radical (unpaired) electrons. The molecule has 5 nitrogen and oxygen atoms in total. The first-order chi connectivity index (χ1) is 10.5. The second-order valence-corrected chi connectivity index (χ2v) is 6.41. The number of hydrogen-bond donors (Lipinski definition) is 1. The van der Waals surface area contributed by atoms with Crippen molar-refractivity contribution in [2.45, 2.75) is 11.4 Å². The third-order valence-corrected chi connectivity index (χ3v) is 4.30. The van der Waals surface area contributed by atoms with Gasteiger partial charge in [-0.15, -0.1) is 11.8 Å². The molecule has 0 aliphatic rings. The fourth-order valence-corrected chi connectivity index (χ4v) is 2.89. The molecule has 0 spiro atoms. The van der Waals surface area contributed by atoms with Gasteiger partial charge in [0.2, 0.25) is 5.91 Å². The van der Waals surface area contributed by atoms with Gasteiger partial charge in [0.15, 0.2) is 0 Å². The van der Waals surface area contributed by atoms with Crippen LogP contribution in [0, 0.1) is 10.1 Å². The van der Waals surface area contributed by atoms with Crippen LogP contribution in [0.2, 0.25) is 0 Å². The molecule has 0 saturated heterocycles. The lowest BCUT2D eigenvalue weighted by Crippen LogP contribution is -2.24. The summed E-state index contributed by atoms with van der Waals surface area (Å²) >= 11 is 4.73. The molecule has 1 amide bonds. The van der Waals surface area contributed by atoms with E-state index in [0.717, 1.165) is 14.9 Å². The highest BCUT2D eigenvalue weighted by atomic mass is 79.9. The van der Waals surface area contributed by atoms with Gasteiger partial charge in [-0.05, 0) is 29.8 Å². The number of benzene rings is 2. The maximum atomic E-state index is 11.8. The van der Waals surface area contributed by atoms with E-state index in [2.05, 4.69) is 21.2 Å². The minimum atomic E-state index is -0.445. The molecule has 0 bridgehead atoms. The highest BCUT2D eigenvalue weighted by molar-refractivity contribution is 9.10. The number of nitrogens with one attached hydrogen (secondary N) is 1. The van der Waals surface area contributed by atoms with Crippen LogP contribution in [0.4, 0.5) is 5.69 Å². The van der Waals surface area contributed by atoms with Gasteiger partial charge < -0.3 is 5.32 Å². The van der Waals surface area contributed by atoms with E-state index in [9.17, 15) is 14.9 Å². The van der Waals surface area contributed by atoms with Gasteiger partial charge in [-0.2, -0.15) is 0 Å². The van der Waals surface area contributed by atoms with Crippen molar-refractivity contribution in [1.29, 1.82) is 0 Å². The Morgan fingerprint density at radius 3 is 2.59 bits per heavy atom. The molecule has 1 N–H and O–H groups in total. The summed E-state index contributed by atoms with van der Waals surface area (Å²) in [5, 5.41) is 13.4. The lowest BCUT2D eigenvalue weighted by Gasteiger charge is -2.06. The monoisotopic (exact) mass is 380 g/mol. The van der Waals surface area contributed by atoms with E-state index in [1.165, 1.54) is 23.9 Å². The number of non-ortho nitro benzene ring substituents is 1. The van der Waals surface area contributed by atoms with Crippen LogP contribution < -0.4 is 5.32 Å². The van der Waals surface area contributed by atoms with E-state index in [4.69, 9.17) is 0 Å². The number of hydrogen-bond acceptors (Lipinski definition) is 4. The van der Waals surface area contributed by atoms with E-state index < -0.39 is 4.92 Å². The fourth-order valence-electron chi connectivity index (χ4n) is 1.71. The minimum absolute atomic E-state index is 0.0449. The summed E-state index contributed by atoms with van der Waals surface area (Å²) in [6.45, 7) is 0.471. The highest BCUT2D eigenvalue weighted by Crippen LogP contribution is 2.21. The Labute approximate surface area is 140 Å². The average molecular weight is 381 g/mol. The first-order valence-corrected chi connectivity index (χ1v) is 8.21. The van der Waals surface area contributed by atoms with Crippen LogP contribution in [0.3, 0.4) is 0 Å². The van der Waals surface area contributed by atoms with Crippen LogP contribution in [0.25, 0.3) is 0 Å². The van der Waals surface area contributed by atoms with Gasteiger partial charge in [-0.3, -0.25) is 14.9 Å². The lowest BCUT2D eigenvalue weighted by molar-refractivity contribution is -0.384. The molecular formula is C15H13BrN2O3S. The molecule has 0 fully saturated rings. The van der Waals surface area contributed by atoms with Gasteiger partial charge in [-0.1, -0.05) is 28.1 Å². The molecule has 114 valence electrons. The Bertz CT molecular complexity index is 677. The molecule has 22 heavy (non-hydrogen) atoms. The maximum Gasteiger partial charge on any atom is 0.269 e. The summed E-state index contributed by atoms with van der Waals surface area (Å²) in [6.07, 6.45) is 0. The largest absolute Gasteiger partial charge is 0.351 e. The topological polar surface area (TPSA) is 72.2 Å². The Hall–Kier alpha value is -1.86. The van der Waals surface area contributed by atoms with Crippen LogP contribution in [-0.2, 0) is 11.3 Å². The molecule has 2 aromatic carbocycles. The zero-order chi connectivity index (χ0) is 15.9. The Kier molecular flexibility index (Phi) is 5.97. The van der Waals surface area contributed by atoms with Crippen molar-refractivity contribution >= 4 is 39.3 Å². The molecule has 0 saturated carbocycles. The average Bonchev–Trinajstić information content (AvgIpc) is 2.51. The van der Waals surface area contributed by atoms with Crippen LogP contribution in [0.5, 0.6) is 0 Å². The van der Waals surface area contributed by atoms with E-state index in [1.54, 1.807) is 12.1 Å². The number of halogens is 1. The second kappa shape index (κ2) is 7.95. The zero-order valence-electron chi connectivity index (χ0n) is 11.5.